The zero-order chi connectivity index (χ0) is 30.5. The highest BCUT2D eigenvalue weighted by atomic mass is 15.1. The van der Waals surface area contributed by atoms with Gasteiger partial charge < -0.3 is 9.47 Å². The summed E-state index contributed by atoms with van der Waals surface area (Å²) in [4.78, 5) is 2.38. The Hall–Kier alpha value is -6.12. The van der Waals surface area contributed by atoms with Gasteiger partial charge in [0.15, 0.2) is 0 Å². The third kappa shape index (κ3) is 4.19. The van der Waals surface area contributed by atoms with Crippen LogP contribution >= 0.6 is 0 Å². The van der Waals surface area contributed by atoms with E-state index in [1.807, 2.05) is 0 Å². The number of fused-ring (bicyclic) bond motifs is 6. The van der Waals surface area contributed by atoms with Crippen LogP contribution < -0.4 is 4.90 Å². The summed E-state index contributed by atoms with van der Waals surface area (Å²) in [5.74, 6) is 0. The van der Waals surface area contributed by atoms with Crippen molar-refractivity contribution in [1.82, 2.24) is 4.57 Å². The maximum atomic E-state index is 2.41. The van der Waals surface area contributed by atoms with Crippen molar-refractivity contribution >= 4 is 60.4 Å². The van der Waals surface area contributed by atoms with Crippen LogP contribution in [0.5, 0.6) is 0 Å². The molecule has 9 aromatic rings. The van der Waals surface area contributed by atoms with E-state index in [1.165, 1.54) is 54.5 Å². The quantitative estimate of drug-likeness (QED) is 0.195. The van der Waals surface area contributed by atoms with Crippen LogP contribution in [0.3, 0.4) is 0 Å². The monoisotopic (exact) mass is 586 g/mol. The van der Waals surface area contributed by atoms with Gasteiger partial charge in [-0.05, 0) is 81.9 Å². The van der Waals surface area contributed by atoms with Gasteiger partial charge in [-0.1, -0.05) is 127 Å². The minimum Gasteiger partial charge on any atom is -0.310 e. The number of aromatic nitrogens is 1. The standard InChI is InChI=1S/C44H30N2/c1-3-18-34(19-4-1)45(40-26-12-16-31-14-7-9-23-37(31)40)36-22-11-17-33(30-36)39-25-13-27-41-44(39)43-38-24-10-8-15-32(38)28-29-42(43)46(41)35-20-5-2-6-21-35/h1-30H. The normalized spacial score (nSPS) is 11.5. The van der Waals surface area contributed by atoms with Gasteiger partial charge in [-0.25, -0.2) is 0 Å². The Bertz CT molecular complexity index is 2520. The lowest BCUT2D eigenvalue weighted by molar-refractivity contribution is 1.18. The molecule has 0 unspecified atom stereocenters. The zero-order valence-electron chi connectivity index (χ0n) is 25.2. The summed E-state index contributed by atoms with van der Waals surface area (Å²) in [5.41, 5.74) is 9.39. The van der Waals surface area contributed by atoms with Crippen molar-refractivity contribution in [3.63, 3.8) is 0 Å². The van der Waals surface area contributed by atoms with E-state index in [0.717, 1.165) is 22.7 Å². The first-order valence-corrected chi connectivity index (χ1v) is 15.8. The number of para-hydroxylation sites is 2. The third-order valence-corrected chi connectivity index (χ3v) is 9.13. The Labute approximate surface area is 268 Å². The predicted octanol–water partition coefficient (Wildman–Crippen LogP) is 12.2. The van der Waals surface area contributed by atoms with E-state index in [-0.39, 0.29) is 0 Å². The summed E-state index contributed by atoms with van der Waals surface area (Å²) in [5, 5.41) is 7.52. The highest BCUT2D eigenvalue weighted by Gasteiger charge is 2.20. The Morgan fingerprint density at radius 3 is 1.83 bits per heavy atom. The van der Waals surface area contributed by atoms with Gasteiger partial charge in [0.25, 0.3) is 0 Å². The van der Waals surface area contributed by atoms with Gasteiger partial charge in [-0.2, -0.15) is 0 Å². The van der Waals surface area contributed by atoms with Crippen molar-refractivity contribution in [2.24, 2.45) is 0 Å². The van der Waals surface area contributed by atoms with Crippen molar-refractivity contribution in [3.05, 3.63) is 182 Å². The Morgan fingerprint density at radius 2 is 1.00 bits per heavy atom. The molecule has 0 fully saturated rings. The Morgan fingerprint density at radius 1 is 0.391 bits per heavy atom. The van der Waals surface area contributed by atoms with Crippen molar-refractivity contribution < 1.29 is 0 Å². The molecular formula is C44H30N2. The second-order valence-corrected chi connectivity index (χ2v) is 11.8. The number of hydrogen-bond acceptors (Lipinski definition) is 1. The van der Waals surface area contributed by atoms with Crippen LogP contribution in [0.1, 0.15) is 0 Å². The highest BCUT2D eigenvalue weighted by Crippen LogP contribution is 2.44. The molecule has 0 atom stereocenters. The number of hydrogen-bond donors (Lipinski definition) is 0. The lowest BCUT2D eigenvalue weighted by atomic mass is 9.96. The lowest BCUT2D eigenvalue weighted by Gasteiger charge is -2.27. The van der Waals surface area contributed by atoms with E-state index in [4.69, 9.17) is 0 Å². The summed E-state index contributed by atoms with van der Waals surface area (Å²) in [7, 11) is 0. The number of benzene rings is 8. The van der Waals surface area contributed by atoms with E-state index >= 15 is 0 Å². The molecule has 0 N–H and O–H groups in total. The molecule has 0 aliphatic heterocycles. The molecule has 0 spiro atoms. The molecule has 0 saturated carbocycles. The fraction of sp³-hybridized carbons (Fsp3) is 0. The van der Waals surface area contributed by atoms with Gasteiger partial charge in [0.05, 0.1) is 16.7 Å². The van der Waals surface area contributed by atoms with Gasteiger partial charge in [0.1, 0.15) is 0 Å². The lowest BCUT2D eigenvalue weighted by Crippen LogP contribution is -2.10. The molecule has 216 valence electrons. The van der Waals surface area contributed by atoms with Crippen LogP contribution in [0.4, 0.5) is 17.1 Å². The van der Waals surface area contributed by atoms with Crippen LogP contribution in [0.25, 0.3) is 60.2 Å². The topological polar surface area (TPSA) is 8.17 Å². The molecule has 9 rings (SSSR count). The van der Waals surface area contributed by atoms with Crippen LogP contribution in [-0.4, -0.2) is 4.57 Å². The second kappa shape index (κ2) is 10.8. The second-order valence-electron chi connectivity index (χ2n) is 11.8. The van der Waals surface area contributed by atoms with Crippen LogP contribution in [-0.2, 0) is 0 Å². The summed E-state index contributed by atoms with van der Waals surface area (Å²) in [6.07, 6.45) is 0. The first kappa shape index (κ1) is 26.3. The van der Waals surface area contributed by atoms with Gasteiger partial charge in [0.2, 0.25) is 0 Å². The average molecular weight is 587 g/mol. The van der Waals surface area contributed by atoms with E-state index in [1.54, 1.807) is 0 Å². The van der Waals surface area contributed by atoms with Gasteiger partial charge in [0, 0.05) is 33.2 Å². The van der Waals surface area contributed by atoms with E-state index in [2.05, 4.69) is 191 Å². The summed E-state index contributed by atoms with van der Waals surface area (Å²) in [6.45, 7) is 0. The van der Waals surface area contributed by atoms with E-state index < -0.39 is 0 Å². The number of rotatable bonds is 5. The van der Waals surface area contributed by atoms with Gasteiger partial charge in [-0.3, -0.25) is 0 Å². The third-order valence-electron chi connectivity index (χ3n) is 9.13. The molecule has 0 amide bonds. The molecular weight excluding hydrogens is 556 g/mol. The zero-order valence-corrected chi connectivity index (χ0v) is 25.2. The van der Waals surface area contributed by atoms with Crippen molar-refractivity contribution in [2.75, 3.05) is 4.90 Å². The molecule has 0 saturated heterocycles. The highest BCUT2D eigenvalue weighted by molar-refractivity contribution is 6.25. The first-order valence-electron chi connectivity index (χ1n) is 15.8. The molecule has 2 heteroatoms. The molecule has 0 aliphatic rings. The van der Waals surface area contributed by atoms with Crippen molar-refractivity contribution in [2.45, 2.75) is 0 Å². The average Bonchev–Trinajstić information content (AvgIpc) is 3.48. The molecule has 46 heavy (non-hydrogen) atoms. The summed E-state index contributed by atoms with van der Waals surface area (Å²) < 4.78 is 2.41. The SMILES string of the molecule is c1ccc(N(c2cccc(-c3cccc4c3c3c5ccccc5ccc3n4-c3ccccc3)c2)c2cccc3ccccc23)cc1. The van der Waals surface area contributed by atoms with Crippen LogP contribution in [0, 0.1) is 0 Å². The molecule has 1 aromatic heterocycles. The smallest absolute Gasteiger partial charge is 0.0547 e. The van der Waals surface area contributed by atoms with Gasteiger partial charge >= 0.3 is 0 Å². The molecule has 2 nitrogen and oxygen atoms in total. The fourth-order valence-corrected chi connectivity index (χ4v) is 7.14. The number of nitrogens with zero attached hydrogens (tertiary/aromatic N) is 2. The van der Waals surface area contributed by atoms with Crippen molar-refractivity contribution in [1.29, 1.82) is 0 Å². The summed E-state index contributed by atoms with van der Waals surface area (Å²) >= 11 is 0. The van der Waals surface area contributed by atoms with E-state index in [9.17, 15) is 0 Å². The molecule has 0 aliphatic carbocycles. The minimum atomic E-state index is 1.12. The van der Waals surface area contributed by atoms with E-state index in [0.29, 0.717) is 0 Å². The minimum absolute atomic E-state index is 1.12. The predicted molar refractivity (Wildman–Crippen MR) is 196 cm³/mol. The molecule has 1 heterocycles. The van der Waals surface area contributed by atoms with Crippen LogP contribution in [0.15, 0.2) is 182 Å². The maximum Gasteiger partial charge on any atom is 0.0547 e. The molecule has 0 bridgehead atoms. The molecule has 8 aromatic carbocycles. The Balaban J connectivity index is 1.33. The van der Waals surface area contributed by atoms with Crippen LogP contribution in [0.2, 0.25) is 0 Å². The maximum absolute atomic E-state index is 2.41. The van der Waals surface area contributed by atoms with Gasteiger partial charge in [-0.15, -0.1) is 0 Å². The Kier molecular flexibility index (Phi) is 6.17. The molecule has 0 radical (unpaired) electrons. The summed E-state index contributed by atoms with van der Waals surface area (Å²) in [6, 6.07) is 65.6. The number of anilines is 3. The van der Waals surface area contributed by atoms with Crippen molar-refractivity contribution in [3.8, 4) is 16.8 Å². The first-order chi connectivity index (χ1) is 22.8. The fourth-order valence-electron chi connectivity index (χ4n) is 7.14. The largest absolute Gasteiger partial charge is 0.310 e.